The van der Waals surface area contributed by atoms with Gasteiger partial charge in [0.2, 0.25) is 0 Å². The number of aliphatic hydroxyl groups is 1. The van der Waals surface area contributed by atoms with E-state index < -0.39 is 0 Å². The fraction of sp³-hybridized carbons (Fsp3) is 0.188. The van der Waals surface area contributed by atoms with E-state index in [1.165, 1.54) is 0 Å². The highest BCUT2D eigenvalue weighted by Gasteiger charge is 1.81. The number of hydrogen-bond donors (Lipinski definition) is 1. The lowest BCUT2D eigenvalue weighted by molar-refractivity contribution is 0.112. The Morgan fingerprint density at radius 3 is 1.61 bits per heavy atom. The maximum absolute atomic E-state index is 10.0. The second kappa shape index (κ2) is 11.6. The summed E-state index contributed by atoms with van der Waals surface area (Å²) in [6, 6.07) is 18.6. The van der Waals surface area contributed by atoms with E-state index in [1.54, 1.807) is 12.1 Å². The molecule has 18 heavy (non-hydrogen) atoms. The molecule has 0 saturated heterocycles. The van der Waals surface area contributed by atoms with Crippen LogP contribution in [-0.2, 0) is 6.61 Å². The third kappa shape index (κ3) is 7.36. The van der Waals surface area contributed by atoms with Gasteiger partial charge in [0.1, 0.15) is 6.29 Å². The molecule has 0 saturated carbocycles. The summed E-state index contributed by atoms with van der Waals surface area (Å²) < 4.78 is 0. The van der Waals surface area contributed by atoms with Crippen LogP contribution in [0.3, 0.4) is 0 Å². The van der Waals surface area contributed by atoms with Crippen LogP contribution < -0.4 is 0 Å². The summed E-state index contributed by atoms with van der Waals surface area (Å²) in [6.45, 7) is 4.14. The smallest absolute Gasteiger partial charge is 0.150 e. The summed E-state index contributed by atoms with van der Waals surface area (Å²) in [5.41, 5.74) is 1.69. The van der Waals surface area contributed by atoms with Crippen LogP contribution >= 0.6 is 0 Å². The van der Waals surface area contributed by atoms with Gasteiger partial charge in [-0.2, -0.15) is 0 Å². The van der Waals surface area contributed by atoms with E-state index >= 15 is 0 Å². The number of rotatable bonds is 2. The van der Waals surface area contributed by atoms with Gasteiger partial charge in [-0.15, -0.1) is 0 Å². The van der Waals surface area contributed by atoms with Crippen molar-refractivity contribution >= 4 is 6.29 Å². The Morgan fingerprint density at radius 1 is 0.889 bits per heavy atom. The lowest BCUT2D eigenvalue weighted by Gasteiger charge is -1.89. The zero-order chi connectivity index (χ0) is 13.6. The van der Waals surface area contributed by atoms with Gasteiger partial charge in [-0.3, -0.25) is 4.79 Å². The summed E-state index contributed by atoms with van der Waals surface area (Å²) in [5.74, 6) is 0. The summed E-state index contributed by atoms with van der Waals surface area (Å²) in [6.07, 6.45) is 0.833. The summed E-state index contributed by atoms with van der Waals surface area (Å²) in [5, 5.41) is 8.54. The first-order valence-corrected chi connectivity index (χ1v) is 6.02. The number of aliphatic hydroxyl groups excluding tert-OH is 1. The molecule has 0 aliphatic carbocycles. The van der Waals surface area contributed by atoms with Crippen LogP contribution in [0.2, 0.25) is 0 Å². The van der Waals surface area contributed by atoms with Crippen molar-refractivity contribution in [3.05, 3.63) is 71.8 Å². The van der Waals surface area contributed by atoms with Crippen LogP contribution in [0.4, 0.5) is 0 Å². The Hall–Kier alpha value is -1.93. The SMILES string of the molecule is CC.O=Cc1ccccc1.OCc1ccccc1. The zero-order valence-electron chi connectivity index (χ0n) is 10.9. The molecule has 0 amide bonds. The molecule has 0 radical (unpaired) electrons. The van der Waals surface area contributed by atoms with Crippen molar-refractivity contribution in [3.63, 3.8) is 0 Å². The molecule has 0 bridgehead atoms. The van der Waals surface area contributed by atoms with Gasteiger partial charge in [-0.25, -0.2) is 0 Å². The van der Waals surface area contributed by atoms with E-state index in [0.29, 0.717) is 0 Å². The number of carbonyl (C=O) groups excluding carboxylic acids is 1. The largest absolute Gasteiger partial charge is 0.392 e. The first kappa shape index (κ1) is 16.1. The fourth-order valence-corrected chi connectivity index (χ4v) is 1.12. The molecular weight excluding hydrogens is 224 g/mol. The molecule has 0 aliphatic heterocycles. The monoisotopic (exact) mass is 244 g/mol. The Morgan fingerprint density at radius 2 is 1.33 bits per heavy atom. The van der Waals surface area contributed by atoms with Crippen molar-refractivity contribution < 1.29 is 9.90 Å². The van der Waals surface area contributed by atoms with Crippen molar-refractivity contribution in [3.8, 4) is 0 Å². The molecule has 2 heteroatoms. The maximum atomic E-state index is 10.0. The molecule has 96 valence electrons. The topological polar surface area (TPSA) is 37.3 Å². The average molecular weight is 244 g/mol. The van der Waals surface area contributed by atoms with Crippen LogP contribution in [0.15, 0.2) is 60.7 Å². The van der Waals surface area contributed by atoms with Gasteiger partial charge in [0.05, 0.1) is 6.61 Å². The normalized spacial score (nSPS) is 8.17. The fourth-order valence-electron chi connectivity index (χ4n) is 1.12. The molecule has 2 rings (SSSR count). The Kier molecular flexibility index (Phi) is 10.3. The molecule has 0 fully saturated rings. The van der Waals surface area contributed by atoms with Gasteiger partial charge in [0, 0.05) is 5.56 Å². The standard InChI is InChI=1S/C7H8O.C7H6O.C2H6/c2*8-6-7-4-2-1-3-5-7;1-2/h1-5,8H,6H2;1-6H;1-2H3. The number of carbonyl (C=O) groups is 1. The highest BCUT2D eigenvalue weighted by Crippen LogP contribution is 1.95. The van der Waals surface area contributed by atoms with Gasteiger partial charge in [-0.05, 0) is 5.56 Å². The van der Waals surface area contributed by atoms with E-state index in [1.807, 2.05) is 62.4 Å². The van der Waals surface area contributed by atoms with Crippen LogP contribution in [0, 0.1) is 0 Å². The molecule has 0 heterocycles. The molecule has 0 aliphatic rings. The van der Waals surface area contributed by atoms with Crippen LogP contribution in [-0.4, -0.2) is 11.4 Å². The van der Waals surface area contributed by atoms with Crippen molar-refractivity contribution in [1.29, 1.82) is 0 Å². The van der Waals surface area contributed by atoms with Crippen LogP contribution in [0.25, 0.3) is 0 Å². The average Bonchev–Trinajstić information content (AvgIpc) is 2.51. The lowest BCUT2D eigenvalue weighted by Crippen LogP contribution is -1.77. The van der Waals surface area contributed by atoms with Gasteiger partial charge >= 0.3 is 0 Å². The van der Waals surface area contributed by atoms with E-state index in [0.717, 1.165) is 17.4 Å². The number of aldehydes is 1. The number of benzene rings is 2. The highest BCUT2D eigenvalue weighted by atomic mass is 16.3. The van der Waals surface area contributed by atoms with Crippen molar-refractivity contribution in [2.24, 2.45) is 0 Å². The van der Waals surface area contributed by atoms with Crippen molar-refractivity contribution in [2.75, 3.05) is 0 Å². The minimum Gasteiger partial charge on any atom is -0.392 e. The van der Waals surface area contributed by atoms with Crippen molar-refractivity contribution in [1.82, 2.24) is 0 Å². The third-order valence-corrected chi connectivity index (χ3v) is 1.96. The van der Waals surface area contributed by atoms with Gasteiger partial charge in [0.15, 0.2) is 0 Å². The second-order valence-electron chi connectivity index (χ2n) is 3.17. The Balaban J connectivity index is 0.000000283. The van der Waals surface area contributed by atoms with E-state index in [2.05, 4.69) is 0 Å². The first-order valence-electron chi connectivity index (χ1n) is 6.02. The van der Waals surface area contributed by atoms with E-state index in [4.69, 9.17) is 5.11 Å². The molecule has 0 atom stereocenters. The molecular formula is C16H20O2. The quantitative estimate of drug-likeness (QED) is 0.818. The van der Waals surface area contributed by atoms with E-state index in [9.17, 15) is 4.79 Å². The third-order valence-electron chi connectivity index (χ3n) is 1.96. The van der Waals surface area contributed by atoms with Crippen LogP contribution in [0.5, 0.6) is 0 Å². The lowest BCUT2D eigenvalue weighted by atomic mass is 10.2. The molecule has 1 N–H and O–H groups in total. The first-order chi connectivity index (χ1) is 8.86. The Labute approximate surface area is 109 Å². The predicted molar refractivity (Wildman–Crippen MR) is 75.5 cm³/mol. The molecule has 0 aromatic heterocycles. The zero-order valence-corrected chi connectivity index (χ0v) is 10.9. The maximum Gasteiger partial charge on any atom is 0.150 e. The van der Waals surface area contributed by atoms with Gasteiger partial charge < -0.3 is 5.11 Å². The molecule has 2 aromatic rings. The number of hydrogen-bond acceptors (Lipinski definition) is 2. The Bertz CT molecular complexity index is 396. The summed E-state index contributed by atoms with van der Waals surface area (Å²) in [7, 11) is 0. The summed E-state index contributed by atoms with van der Waals surface area (Å²) in [4.78, 5) is 10.0. The summed E-state index contributed by atoms with van der Waals surface area (Å²) >= 11 is 0. The molecule has 2 aromatic carbocycles. The molecule has 0 unspecified atom stereocenters. The van der Waals surface area contributed by atoms with Gasteiger partial charge in [0.25, 0.3) is 0 Å². The van der Waals surface area contributed by atoms with E-state index in [-0.39, 0.29) is 6.61 Å². The minimum atomic E-state index is 0.140. The highest BCUT2D eigenvalue weighted by molar-refractivity contribution is 5.74. The second-order valence-corrected chi connectivity index (χ2v) is 3.17. The molecule has 2 nitrogen and oxygen atoms in total. The van der Waals surface area contributed by atoms with Crippen LogP contribution in [0.1, 0.15) is 29.8 Å². The van der Waals surface area contributed by atoms with Gasteiger partial charge in [-0.1, -0.05) is 74.5 Å². The molecule has 0 spiro atoms. The minimum absolute atomic E-state index is 0.140. The van der Waals surface area contributed by atoms with Crippen molar-refractivity contribution in [2.45, 2.75) is 20.5 Å². The predicted octanol–water partition coefficient (Wildman–Crippen LogP) is 3.70.